The van der Waals surface area contributed by atoms with Crippen molar-refractivity contribution in [2.24, 2.45) is 5.73 Å². The maximum absolute atomic E-state index is 6.44. The van der Waals surface area contributed by atoms with E-state index >= 15 is 0 Å². The Morgan fingerprint density at radius 3 is 2.60 bits per heavy atom. The Morgan fingerprint density at radius 1 is 1.30 bits per heavy atom. The minimum absolute atomic E-state index is 0.0552. The molecule has 0 amide bonds. The Labute approximate surface area is 125 Å². The average Bonchev–Trinajstić information content (AvgIpc) is 2.75. The van der Waals surface area contributed by atoms with Gasteiger partial charge in [0.1, 0.15) is 0 Å². The quantitative estimate of drug-likeness (QED) is 0.913. The van der Waals surface area contributed by atoms with Crippen LogP contribution in [0.1, 0.15) is 42.4 Å². The summed E-state index contributed by atoms with van der Waals surface area (Å²) in [6.07, 6.45) is 1.56. The van der Waals surface area contributed by atoms with E-state index in [2.05, 4.69) is 38.0 Å². The van der Waals surface area contributed by atoms with Crippen molar-refractivity contribution in [1.82, 2.24) is 9.78 Å². The molecule has 0 bridgehead atoms. The van der Waals surface area contributed by atoms with E-state index in [0.717, 1.165) is 29.4 Å². The zero-order valence-corrected chi connectivity index (χ0v) is 13.1. The summed E-state index contributed by atoms with van der Waals surface area (Å²) in [4.78, 5) is 0. The average molecular weight is 292 g/mol. The molecule has 4 heteroatoms. The van der Waals surface area contributed by atoms with Gasteiger partial charge in [-0.3, -0.25) is 4.68 Å². The first kappa shape index (κ1) is 15.1. The molecular weight excluding hydrogens is 270 g/mol. The molecule has 1 aromatic heterocycles. The van der Waals surface area contributed by atoms with E-state index in [-0.39, 0.29) is 6.04 Å². The van der Waals surface area contributed by atoms with E-state index in [4.69, 9.17) is 17.3 Å². The van der Waals surface area contributed by atoms with Crippen molar-refractivity contribution >= 4 is 11.6 Å². The summed E-state index contributed by atoms with van der Waals surface area (Å²) in [5.74, 6) is 0. The molecule has 0 aliphatic rings. The van der Waals surface area contributed by atoms with Crippen LogP contribution >= 0.6 is 11.6 Å². The SMILES string of the molecule is CCc1nn(CC)c(CC(N)c2ccccc2C)c1Cl. The number of nitrogens with two attached hydrogens (primary N) is 1. The molecule has 2 rings (SSSR count). The van der Waals surface area contributed by atoms with Crippen LogP contribution in [0.15, 0.2) is 24.3 Å². The van der Waals surface area contributed by atoms with Crippen molar-refractivity contribution in [3.05, 3.63) is 51.8 Å². The Bertz CT molecular complexity index is 589. The number of nitrogens with zero attached hydrogens (tertiary/aromatic N) is 2. The molecule has 3 nitrogen and oxygen atoms in total. The van der Waals surface area contributed by atoms with E-state index in [1.54, 1.807) is 0 Å². The number of hydrogen-bond acceptors (Lipinski definition) is 2. The summed E-state index contributed by atoms with van der Waals surface area (Å²) in [6.45, 7) is 7.05. The van der Waals surface area contributed by atoms with Gasteiger partial charge in [-0.05, 0) is 31.4 Å². The summed E-state index contributed by atoms with van der Waals surface area (Å²) in [5.41, 5.74) is 10.8. The van der Waals surface area contributed by atoms with E-state index in [9.17, 15) is 0 Å². The Balaban J connectivity index is 2.30. The molecule has 0 spiro atoms. The minimum atomic E-state index is -0.0552. The molecule has 2 N–H and O–H groups in total. The topological polar surface area (TPSA) is 43.8 Å². The van der Waals surface area contributed by atoms with Crippen molar-refractivity contribution in [3.63, 3.8) is 0 Å². The maximum atomic E-state index is 6.44. The third-order valence-corrected chi connectivity index (χ3v) is 4.13. The van der Waals surface area contributed by atoms with Gasteiger partial charge >= 0.3 is 0 Å². The molecule has 108 valence electrons. The van der Waals surface area contributed by atoms with Crippen molar-refractivity contribution in [2.45, 2.75) is 46.2 Å². The lowest BCUT2D eigenvalue weighted by atomic mass is 9.98. The highest BCUT2D eigenvalue weighted by molar-refractivity contribution is 6.31. The van der Waals surface area contributed by atoms with E-state index in [0.29, 0.717) is 6.42 Å². The van der Waals surface area contributed by atoms with Crippen LogP contribution in [-0.4, -0.2) is 9.78 Å². The highest BCUT2D eigenvalue weighted by Crippen LogP contribution is 2.27. The van der Waals surface area contributed by atoms with Gasteiger partial charge in [-0.1, -0.05) is 42.8 Å². The number of benzene rings is 1. The van der Waals surface area contributed by atoms with Crippen LogP contribution in [0.2, 0.25) is 5.02 Å². The standard InChI is InChI=1S/C16H22ClN3/c1-4-14-16(17)15(20(5-2)19-14)10-13(18)12-9-7-6-8-11(12)3/h6-9,13H,4-5,10,18H2,1-3H3. The van der Waals surface area contributed by atoms with Crippen molar-refractivity contribution < 1.29 is 0 Å². The van der Waals surface area contributed by atoms with Crippen LogP contribution < -0.4 is 5.73 Å². The van der Waals surface area contributed by atoms with Crippen LogP contribution in [-0.2, 0) is 19.4 Å². The van der Waals surface area contributed by atoms with Crippen molar-refractivity contribution in [1.29, 1.82) is 0 Å². The molecule has 1 heterocycles. The first-order valence-electron chi connectivity index (χ1n) is 7.13. The molecular formula is C16H22ClN3. The third kappa shape index (κ3) is 2.89. The van der Waals surface area contributed by atoms with Gasteiger partial charge in [0.15, 0.2) is 0 Å². The largest absolute Gasteiger partial charge is 0.324 e. The molecule has 1 aromatic carbocycles. The third-order valence-electron chi connectivity index (χ3n) is 3.70. The van der Waals surface area contributed by atoms with Gasteiger partial charge in [-0.25, -0.2) is 0 Å². The van der Waals surface area contributed by atoms with Gasteiger partial charge in [0, 0.05) is 19.0 Å². The fraction of sp³-hybridized carbons (Fsp3) is 0.438. The summed E-state index contributed by atoms with van der Waals surface area (Å²) < 4.78 is 1.97. The predicted octanol–water partition coefficient (Wildman–Crippen LogP) is 3.67. The highest BCUT2D eigenvalue weighted by Gasteiger charge is 2.18. The molecule has 0 aliphatic heterocycles. The van der Waals surface area contributed by atoms with Crippen LogP contribution in [0.4, 0.5) is 0 Å². The van der Waals surface area contributed by atoms with Gasteiger partial charge < -0.3 is 5.73 Å². The van der Waals surface area contributed by atoms with Gasteiger partial charge in [0.2, 0.25) is 0 Å². The monoisotopic (exact) mass is 291 g/mol. The molecule has 1 atom stereocenters. The number of aryl methyl sites for hydroxylation is 3. The van der Waals surface area contributed by atoms with E-state index in [1.807, 2.05) is 16.8 Å². The number of aromatic nitrogens is 2. The zero-order valence-electron chi connectivity index (χ0n) is 12.4. The molecule has 1 unspecified atom stereocenters. The fourth-order valence-corrected chi connectivity index (χ4v) is 2.88. The Morgan fingerprint density at radius 2 is 2.00 bits per heavy atom. The summed E-state index contributed by atoms with van der Waals surface area (Å²) in [7, 11) is 0. The van der Waals surface area contributed by atoms with Crippen LogP contribution in [0.25, 0.3) is 0 Å². The number of hydrogen-bond donors (Lipinski definition) is 1. The van der Waals surface area contributed by atoms with Crippen LogP contribution in [0.5, 0.6) is 0 Å². The Kier molecular flexibility index (Phi) is 4.84. The molecule has 0 saturated heterocycles. The fourth-order valence-electron chi connectivity index (χ4n) is 2.53. The second-order valence-electron chi connectivity index (χ2n) is 5.04. The van der Waals surface area contributed by atoms with Crippen molar-refractivity contribution in [2.75, 3.05) is 0 Å². The highest BCUT2D eigenvalue weighted by atomic mass is 35.5. The summed E-state index contributed by atoms with van der Waals surface area (Å²) >= 11 is 6.44. The molecule has 0 aliphatic carbocycles. The number of rotatable bonds is 5. The lowest BCUT2D eigenvalue weighted by Gasteiger charge is -2.15. The molecule has 0 radical (unpaired) electrons. The van der Waals surface area contributed by atoms with Crippen LogP contribution in [0.3, 0.4) is 0 Å². The predicted molar refractivity (Wildman–Crippen MR) is 84.1 cm³/mol. The van der Waals surface area contributed by atoms with E-state index in [1.165, 1.54) is 11.1 Å². The maximum Gasteiger partial charge on any atom is 0.0850 e. The summed E-state index contributed by atoms with van der Waals surface area (Å²) in [5, 5.41) is 5.32. The normalized spacial score (nSPS) is 12.7. The first-order chi connectivity index (χ1) is 9.58. The smallest absolute Gasteiger partial charge is 0.0850 e. The molecule has 0 fully saturated rings. The molecule has 2 aromatic rings. The summed E-state index contributed by atoms with van der Waals surface area (Å²) in [6, 6.07) is 8.18. The van der Waals surface area contributed by atoms with Gasteiger partial charge in [-0.15, -0.1) is 0 Å². The lowest BCUT2D eigenvalue weighted by Crippen LogP contribution is -2.17. The van der Waals surface area contributed by atoms with Gasteiger partial charge in [0.05, 0.1) is 16.4 Å². The molecule has 20 heavy (non-hydrogen) atoms. The van der Waals surface area contributed by atoms with Crippen LogP contribution in [0, 0.1) is 6.92 Å². The van der Waals surface area contributed by atoms with Gasteiger partial charge in [-0.2, -0.15) is 5.10 Å². The minimum Gasteiger partial charge on any atom is -0.324 e. The molecule has 0 saturated carbocycles. The van der Waals surface area contributed by atoms with Gasteiger partial charge in [0.25, 0.3) is 0 Å². The first-order valence-corrected chi connectivity index (χ1v) is 7.51. The van der Waals surface area contributed by atoms with Crippen molar-refractivity contribution in [3.8, 4) is 0 Å². The number of halogens is 1. The Hall–Kier alpha value is -1.32. The second kappa shape index (κ2) is 6.42. The van der Waals surface area contributed by atoms with E-state index < -0.39 is 0 Å². The zero-order chi connectivity index (χ0) is 14.7. The lowest BCUT2D eigenvalue weighted by molar-refractivity contribution is 0.584. The second-order valence-corrected chi connectivity index (χ2v) is 5.42.